The Kier molecular flexibility index (Phi) is 1.94. The lowest BCUT2D eigenvalue weighted by Gasteiger charge is -1.96. The van der Waals surface area contributed by atoms with Crippen molar-refractivity contribution in [1.29, 1.82) is 0 Å². The van der Waals surface area contributed by atoms with E-state index in [0.717, 1.165) is 16.7 Å². The molecule has 66 valence electrons. The zero-order valence-electron chi connectivity index (χ0n) is 6.90. The second kappa shape index (κ2) is 2.86. The van der Waals surface area contributed by atoms with Crippen molar-refractivity contribution in [3.63, 3.8) is 0 Å². The SMILES string of the molecule is Cc1c(-c2ccc(Cl)c(Cl)c2)c1=O. The molecule has 0 fully saturated rings. The summed E-state index contributed by atoms with van der Waals surface area (Å²) in [6, 6.07) is 5.22. The van der Waals surface area contributed by atoms with Gasteiger partial charge in [0.05, 0.1) is 10.0 Å². The maximum atomic E-state index is 11.1. The lowest BCUT2D eigenvalue weighted by molar-refractivity contribution is 1.64. The van der Waals surface area contributed by atoms with Crippen LogP contribution in [0.2, 0.25) is 10.0 Å². The van der Waals surface area contributed by atoms with Crippen LogP contribution in [0, 0.1) is 6.92 Å². The van der Waals surface area contributed by atoms with Crippen LogP contribution in [0.15, 0.2) is 23.0 Å². The van der Waals surface area contributed by atoms with E-state index >= 15 is 0 Å². The van der Waals surface area contributed by atoms with Gasteiger partial charge in [-0.1, -0.05) is 29.3 Å². The zero-order chi connectivity index (χ0) is 9.59. The number of halogens is 2. The Labute approximate surface area is 85.6 Å². The van der Waals surface area contributed by atoms with Gasteiger partial charge in [-0.15, -0.1) is 0 Å². The minimum atomic E-state index is 0.124. The first kappa shape index (κ1) is 8.79. The molecule has 0 heterocycles. The fourth-order valence-corrected chi connectivity index (χ4v) is 1.56. The van der Waals surface area contributed by atoms with Crippen LogP contribution in [0.3, 0.4) is 0 Å². The maximum absolute atomic E-state index is 11.1. The molecule has 0 radical (unpaired) electrons. The van der Waals surface area contributed by atoms with E-state index in [2.05, 4.69) is 0 Å². The topological polar surface area (TPSA) is 17.1 Å². The largest absolute Gasteiger partial charge is 0.289 e. The normalized spacial score (nSPS) is 11.0. The second-order valence-corrected chi connectivity index (χ2v) is 3.77. The molecule has 0 saturated carbocycles. The standard InChI is InChI=1S/C10H6Cl2O/c1-5-9(10(5)13)6-2-3-7(11)8(12)4-6/h2-4H,1H3. The monoisotopic (exact) mass is 212 g/mol. The first-order chi connectivity index (χ1) is 6.11. The van der Waals surface area contributed by atoms with Crippen LogP contribution in [0.5, 0.6) is 0 Å². The number of hydrogen-bond donors (Lipinski definition) is 0. The molecular weight excluding hydrogens is 207 g/mol. The predicted octanol–water partition coefficient (Wildman–Crippen LogP) is 3.20. The molecule has 0 N–H and O–H groups in total. The molecule has 1 nitrogen and oxygen atoms in total. The molecule has 0 aliphatic heterocycles. The first-order valence-electron chi connectivity index (χ1n) is 3.82. The van der Waals surface area contributed by atoms with Crippen molar-refractivity contribution in [3.05, 3.63) is 44.0 Å². The Bertz CT molecular complexity index is 479. The minimum Gasteiger partial charge on any atom is -0.289 e. The average Bonchev–Trinajstić information content (AvgIpc) is 2.67. The Morgan fingerprint density at radius 1 is 1.15 bits per heavy atom. The molecule has 0 aliphatic rings. The van der Waals surface area contributed by atoms with Gasteiger partial charge in [0, 0.05) is 11.1 Å². The third-order valence-corrected chi connectivity index (χ3v) is 2.83. The van der Waals surface area contributed by atoms with Gasteiger partial charge in [-0.3, -0.25) is 4.79 Å². The lowest BCUT2D eigenvalue weighted by Crippen LogP contribution is -1.77. The summed E-state index contributed by atoms with van der Waals surface area (Å²) in [6.45, 7) is 1.81. The molecule has 13 heavy (non-hydrogen) atoms. The van der Waals surface area contributed by atoms with Gasteiger partial charge in [0.1, 0.15) is 0 Å². The summed E-state index contributed by atoms with van der Waals surface area (Å²) in [4.78, 5) is 11.1. The fraction of sp³-hybridized carbons (Fsp3) is 0.100. The van der Waals surface area contributed by atoms with Gasteiger partial charge in [-0.2, -0.15) is 0 Å². The molecule has 3 heteroatoms. The molecule has 2 rings (SSSR count). The summed E-state index contributed by atoms with van der Waals surface area (Å²) in [5, 5.41) is 0.996. The van der Waals surface area contributed by atoms with Crippen LogP contribution in [0.25, 0.3) is 11.1 Å². The van der Waals surface area contributed by atoms with E-state index in [-0.39, 0.29) is 5.43 Å². The predicted molar refractivity (Wildman–Crippen MR) is 55.3 cm³/mol. The minimum absolute atomic E-state index is 0.124. The van der Waals surface area contributed by atoms with Crippen LogP contribution in [-0.2, 0) is 0 Å². The van der Waals surface area contributed by atoms with Crippen LogP contribution in [0.4, 0.5) is 0 Å². The molecule has 0 aliphatic carbocycles. The summed E-state index contributed by atoms with van der Waals surface area (Å²) < 4.78 is 0. The molecule has 0 aromatic heterocycles. The Balaban J connectivity index is 2.50. The molecule has 2 aromatic carbocycles. The van der Waals surface area contributed by atoms with E-state index < -0.39 is 0 Å². The van der Waals surface area contributed by atoms with Crippen LogP contribution < -0.4 is 5.43 Å². The summed E-state index contributed by atoms with van der Waals surface area (Å²) in [5.41, 5.74) is 2.58. The van der Waals surface area contributed by atoms with Gasteiger partial charge in [-0.05, 0) is 24.6 Å². The highest BCUT2D eigenvalue weighted by Crippen LogP contribution is 2.30. The average molecular weight is 213 g/mol. The van der Waals surface area contributed by atoms with Gasteiger partial charge in [0.25, 0.3) is 0 Å². The summed E-state index contributed by atoms with van der Waals surface area (Å²) in [5.74, 6) is 0. The van der Waals surface area contributed by atoms with Gasteiger partial charge < -0.3 is 0 Å². The summed E-state index contributed by atoms with van der Waals surface area (Å²) in [6.07, 6.45) is 0. The third-order valence-electron chi connectivity index (χ3n) is 2.09. The van der Waals surface area contributed by atoms with E-state index in [1.807, 2.05) is 0 Å². The molecule has 2 aromatic rings. The molecule has 0 bridgehead atoms. The number of rotatable bonds is 1. The van der Waals surface area contributed by atoms with Crippen LogP contribution in [0.1, 0.15) is 5.56 Å². The quantitative estimate of drug-likeness (QED) is 0.710. The highest BCUT2D eigenvalue weighted by atomic mass is 35.5. The van der Waals surface area contributed by atoms with Crippen molar-refractivity contribution in [3.8, 4) is 11.1 Å². The zero-order valence-corrected chi connectivity index (χ0v) is 8.41. The molecule has 0 atom stereocenters. The van der Waals surface area contributed by atoms with E-state index in [4.69, 9.17) is 23.2 Å². The Hall–Kier alpha value is -0.790. The molecule has 0 unspecified atom stereocenters. The van der Waals surface area contributed by atoms with Crippen molar-refractivity contribution >= 4 is 23.2 Å². The Morgan fingerprint density at radius 2 is 1.77 bits per heavy atom. The van der Waals surface area contributed by atoms with Crippen molar-refractivity contribution < 1.29 is 0 Å². The first-order valence-corrected chi connectivity index (χ1v) is 4.58. The highest BCUT2D eigenvalue weighted by Gasteiger charge is 2.19. The highest BCUT2D eigenvalue weighted by molar-refractivity contribution is 6.42. The van der Waals surface area contributed by atoms with Crippen LogP contribution in [-0.4, -0.2) is 0 Å². The molecular formula is C10H6Cl2O. The Morgan fingerprint density at radius 3 is 2.23 bits per heavy atom. The van der Waals surface area contributed by atoms with Crippen molar-refractivity contribution in [2.45, 2.75) is 6.92 Å². The van der Waals surface area contributed by atoms with Crippen molar-refractivity contribution in [2.24, 2.45) is 0 Å². The van der Waals surface area contributed by atoms with Crippen molar-refractivity contribution in [1.82, 2.24) is 0 Å². The van der Waals surface area contributed by atoms with Gasteiger partial charge in [0.15, 0.2) is 5.43 Å². The fourth-order valence-electron chi connectivity index (χ4n) is 1.26. The van der Waals surface area contributed by atoms with E-state index in [0.29, 0.717) is 10.0 Å². The molecule has 0 spiro atoms. The summed E-state index contributed by atoms with van der Waals surface area (Å²) in [7, 11) is 0. The number of benzene rings is 1. The smallest absolute Gasteiger partial charge is 0.190 e. The van der Waals surface area contributed by atoms with Gasteiger partial charge >= 0.3 is 0 Å². The van der Waals surface area contributed by atoms with Gasteiger partial charge in [0.2, 0.25) is 0 Å². The molecule has 0 amide bonds. The van der Waals surface area contributed by atoms with Crippen molar-refractivity contribution in [2.75, 3.05) is 0 Å². The van der Waals surface area contributed by atoms with E-state index in [1.165, 1.54) is 0 Å². The van der Waals surface area contributed by atoms with Gasteiger partial charge in [-0.25, -0.2) is 0 Å². The maximum Gasteiger partial charge on any atom is 0.190 e. The lowest BCUT2D eigenvalue weighted by atomic mass is 10.2. The third kappa shape index (κ3) is 1.38. The number of hydrogen-bond acceptors (Lipinski definition) is 1. The molecule has 0 saturated heterocycles. The van der Waals surface area contributed by atoms with E-state index in [9.17, 15) is 4.79 Å². The van der Waals surface area contributed by atoms with Crippen LogP contribution >= 0.6 is 23.2 Å². The second-order valence-electron chi connectivity index (χ2n) is 2.96. The summed E-state index contributed by atoms with van der Waals surface area (Å²) >= 11 is 11.6. The van der Waals surface area contributed by atoms with E-state index in [1.54, 1.807) is 25.1 Å².